The van der Waals surface area contributed by atoms with Crippen LogP contribution < -0.4 is 5.30 Å². The molecule has 0 saturated heterocycles. The molecular formula is C10H14FOP. The van der Waals surface area contributed by atoms with Crippen molar-refractivity contribution in [2.75, 3.05) is 12.3 Å². The second kappa shape index (κ2) is 4.06. The molecule has 0 spiro atoms. The zero-order valence-electron chi connectivity index (χ0n) is 7.96. The summed E-state index contributed by atoms with van der Waals surface area (Å²) >= 11 is 0. The molecular weight excluding hydrogens is 186 g/mol. The maximum Gasteiger partial charge on any atom is 0.133 e. The molecule has 0 fully saturated rings. The van der Waals surface area contributed by atoms with Crippen LogP contribution in [0, 0.1) is 5.82 Å². The summed E-state index contributed by atoms with van der Waals surface area (Å²) in [6.45, 7) is 3.69. The average molecular weight is 200 g/mol. The van der Waals surface area contributed by atoms with Gasteiger partial charge < -0.3 is 4.57 Å². The van der Waals surface area contributed by atoms with Crippen LogP contribution >= 0.6 is 7.14 Å². The van der Waals surface area contributed by atoms with E-state index in [1.54, 1.807) is 18.2 Å². The number of benzene rings is 1. The molecule has 1 aromatic rings. The van der Waals surface area contributed by atoms with E-state index in [4.69, 9.17) is 0 Å². The van der Waals surface area contributed by atoms with E-state index in [0.717, 1.165) is 0 Å². The Morgan fingerprint density at radius 3 is 2.23 bits per heavy atom. The molecule has 0 radical (unpaired) electrons. The predicted molar refractivity (Wildman–Crippen MR) is 54.7 cm³/mol. The minimum absolute atomic E-state index is 0.338. The monoisotopic (exact) mass is 200 g/mol. The minimum Gasteiger partial charge on any atom is -0.319 e. The highest BCUT2D eigenvalue weighted by Gasteiger charge is 2.22. The average Bonchev–Trinajstić information content (AvgIpc) is 2.17. The highest BCUT2D eigenvalue weighted by atomic mass is 31.2. The molecule has 3 heteroatoms. The smallest absolute Gasteiger partial charge is 0.133 e. The fourth-order valence-corrected chi connectivity index (χ4v) is 3.30. The first kappa shape index (κ1) is 10.5. The van der Waals surface area contributed by atoms with Gasteiger partial charge in [0.1, 0.15) is 13.0 Å². The first-order valence-electron chi connectivity index (χ1n) is 4.47. The third-order valence-corrected chi connectivity index (χ3v) is 5.60. The molecule has 72 valence electrons. The van der Waals surface area contributed by atoms with Crippen molar-refractivity contribution in [1.82, 2.24) is 0 Å². The maximum absolute atomic E-state index is 13.3. The molecule has 0 unspecified atom stereocenters. The Bertz CT molecular complexity index is 327. The molecule has 1 aromatic carbocycles. The zero-order valence-corrected chi connectivity index (χ0v) is 8.85. The lowest BCUT2D eigenvalue weighted by Gasteiger charge is -2.14. The summed E-state index contributed by atoms with van der Waals surface area (Å²) in [5.74, 6) is -0.338. The van der Waals surface area contributed by atoms with Crippen molar-refractivity contribution in [1.29, 1.82) is 0 Å². The van der Waals surface area contributed by atoms with Gasteiger partial charge in [-0.25, -0.2) is 4.39 Å². The van der Waals surface area contributed by atoms with E-state index in [1.165, 1.54) is 6.07 Å². The van der Waals surface area contributed by atoms with Crippen LogP contribution in [0.3, 0.4) is 0 Å². The summed E-state index contributed by atoms with van der Waals surface area (Å²) in [5, 5.41) is 0.403. The molecule has 1 rings (SSSR count). The van der Waals surface area contributed by atoms with Crippen molar-refractivity contribution in [3.63, 3.8) is 0 Å². The van der Waals surface area contributed by atoms with Crippen LogP contribution in [0.4, 0.5) is 4.39 Å². The molecule has 0 bridgehead atoms. The van der Waals surface area contributed by atoms with Crippen LogP contribution in [0.25, 0.3) is 0 Å². The molecule has 0 aliphatic heterocycles. The fraction of sp³-hybridized carbons (Fsp3) is 0.400. The summed E-state index contributed by atoms with van der Waals surface area (Å²) in [6.07, 6.45) is 1.06. The second-order valence-electron chi connectivity index (χ2n) is 2.97. The van der Waals surface area contributed by atoms with Gasteiger partial charge in [-0.1, -0.05) is 26.0 Å². The van der Waals surface area contributed by atoms with Crippen molar-refractivity contribution >= 4 is 12.4 Å². The van der Waals surface area contributed by atoms with Crippen molar-refractivity contribution in [2.45, 2.75) is 13.8 Å². The van der Waals surface area contributed by atoms with Crippen molar-refractivity contribution in [2.24, 2.45) is 0 Å². The van der Waals surface area contributed by atoms with E-state index >= 15 is 0 Å². The molecule has 0 N–H and O–H groups in total. The summed E-state index contributed by atoms with van der Waals surface area (Å²) in [7, 11) is -2.45. The molecule has 0 heterocycles. The van der Waals surface area contributed by atoms with Crippen LogP contribution in [-0.2, 0) is 4.57 Å². The normalized spacial score (nSPS) is 11.6. The van der Waals surface area contributed by atoms with Gasteiger partial charge in [0.2, 0.25) is 0 Å². The number of hydrogen-bond acceptors (Lipinski definition) is 1. The first-order valence-corrected chi connectivity index (χ1v) is 6.55. The number of rotatable bonds is 3. The lowest BCUT2D eigenvalue weighted by Crippen LogP contribution is -2.12. The summed E-state index contributed by atoms with van der Waals surface area (Å²) in [6, 6.07) is 6.35. The Labute approximate surface area is 78.3 Å². The highest BCUT2D eigenvalue weighted by molar-refractivity contribution is 7.71. The predicted octanol–water partition coefficient (Wildman–Crippen LogP) is 2.85. The van der Waals surface area contributed by atoms with Crippen LogP contribution in [0.2, 0.25) is 0 Å². The minimum atomic E-state index is -2.45. The Kier molecular flexibility index (Phi) is 3.27. The first-order chi connectivity index (χ1) is 6.14. The topological polar surface area (TPSA) is 17.1 Å². The maximum atomic E-state index is 13.3. The van der Waals surface area contributed by atoms with E-state index in [1.807, 2.05) is 13.8 Å². The van der Waals surface area contributed by atoms with Crippen LogP contribution in [0.1, 0.15) is 13.8 Å². The van der Waals surface area contributed by atoms with E-state index in [2.05, 4.69) is 0 Å². The number of halogens is 1. The van der Waals surface area contributed by atoms with E-state index in [9.17, 15) is 8.96 Å². The molecule has 1 nitrogen and oxygen atoms in total. The Morgan fingerprint density at radius 2 is 1.77 bits per heavy atom. The highest BCUT2D eigenvalue weighted by Crippen LogP contribution is 2.43. The molecule has 0 aliphatic rings. The quantitative estimate of drug-likeness (QED) is 0.685. The lowest BCUT2D eigenvalue weighted by molar-refractivity contribution is 0.579. The van der Waals surface area contributed by atoms with Gasteiger partial charge in [-0.2, -0.15) is 0 Å². The molecule has 0 aliphatic carbocycles. The second-order valence-corrected chi connectivity index (χ2v) is 6.50. The summed E-state index contributed by atoms with van der Waals surface area (Å²) < 4.78 is 25.4. The third kappa shape index (κ3) is 2.00. The SMILES string of the molecule is CCP(=O)(CC)c1ccccc1F. The van der Waals surface area contributed by atoms with Crippen molar-refractivity contribution < 1.29 is 8.96 Å². The van der Waals surface area contributed by atoms with Crippen molar-refractivity contribution in [3.8, 4) is 0 Å². The molecule has 0 saturated carbocycles. The Morgan fingerprint density at radius 1 is 1.23 bits per heavy atom. The van der Waals surface area contributed by atoms with Gasteiger partial charge in [-0.05, 0) is 12.1 Å². The van der Waals surface area contributed by atoms with E-state index < -0.39 is 7.14 Å². The number of hydrogen-bond donors (Lipinski definition) is 0. The van der Waals surface area contributed by atoms with Gasteiger partial charge in [0, 0.05) is 17.6 Å². The van der Waals surface area contributed by atoms with Gasteiger partial charge in [0.05, 0.1) is 0 Å². The molecule has 0 atom stereocenters. The zero-order chi connectivity index (χ0) is 9.90. The molecule has 13 heavy (non-hydrogen) atoms. The van der Waals surface area contributed by atoms with E-state index in [-0.39, 0.29) is 5.82 Å². The standard InChI is InChI=1S/C10H14FOP/c1-3-13(12,4-2)10-8-6-5-7-9(10)11/h5-8H,3-4H2,1-2H3. The third-order valence-electron chi connectivity index (χ3n) is 2.31. The fourth-order valence-electron chi connectivity index (χ4n) is 1.35. The Hall–Kier alpha value is -0.620. The largest absolute Gasteiger partial charge is 0.319 e. The lowest BCUT2D eigenvalue weighted by atomic mass is 10.3. The molecule has 0 amide bonds. The van der Waals surface area contributed by atoms with E-state index in [0.29, 0.717) is 17.6 Å². The van der Waals surface area contributed by atoms with Crippen molar-refractivity contribution in [3.05, 3.63) is 30.1 Å². The molecule has 0 aromatic heterocycles. The van der Waals surface area contributed by atoms with Gasteiger partial charge in [-0.3, -0.25) is 0 Å². The van der Waals surface area contributed by atoms with Gasteiger partial charge >= 0.3 is 0 Å². The van der Waals surface area contributed by atoms with Crippen LogP contribution in [0.15, 0.2) is 24.3 Å². The van der Waals surface area contributed by atoms with Crippen LogP contribution in [0.5, 0.6) is 0 Å². The summed E-state index contributed by atoms with van der Waals surface area (Å²) in [5.41, 5.74) is 0. The summed E-state index contributed by atoms with van der Waals surface area (Å²) in [4.78, 5) is 0. The van der Waals surface area contributed by atoms with Gasteiger partial charge in [0.25, 0.3) is 0 Å². The van der Waals surface area contributed by atoms with Gasteiger partial charge in [-0.15, -0.1) is 0 Å². The van der Waals surface area contributed by atoms with Crippen LogP contribution in [-0.4, -0.2) is 12.3 Å². The Balaban J connectivity index is 3.20. The van der Waals surface area contributed by atoms with Gasteiger partial charge in [0.15, 0.2) is 0 Å².